The fourth-order valence-corrected chi connectivity index (χ4v) is 5.72. The van der Waals surface area contributed by atoms with E-state index in [1.807, 2.05) is 14.7 Å². The molecule has 3 fully saturated rings. The van der Waals surface area contributed by atoms with Gasteiger partial charge in [-0.05, 0) is 44.5 Å². The minimum Gasteiger partial charge on any atom is -0.480 e. The molecule has 0 spiro atoms. The molecule has 0 aromatic heterocycles. The molecule has 12 heteroatoms. The number of nitrogens with one attached hydrogen (secondary N) is 1. The van der Waals surface area contributed by atoms with Gasteiger partial charge in [0.05, 0.1) is 23.4 Å². The molecule has 1 atom stereocenters. The molecule has 4 heterocycles. The Bertz CT molecular complexity index is 1170. The molecule has 3 saturated heterocycles. The summed E-state index contributed by atoms with van der Waals surface area (Å²) < 4.78 is 0. The molecule has 12 nitrogen and oxygen atoms in total. The number of carboxylic acids is 1. The number of rotatable bonds is 5. The normalized spacial score (nSPS) is 23.4. The highest BCUT2D eigenvalue weighted by Crippen LogP contribution is 2.34. The quantitative estimate of drug-likeness (QED) is 0.501. The van der Waals surface area contributed by atoms with Gasteiger partial charge in [-0.15, -0.1) is 0 Å². The molecule has 1 unspecified atom stereocenters. The number of imide groups is 2. The molecule has 5 amide bonds. The first kappa shape index (κ1) is 24.9. The smallest absolute Gasteiger partial charge is 0.317 e. The summed E-state index contributed by atoms with van der Waals surface area (Å²) in [4.78, 5) is 81.0. The molecular weight excluding hydrogens is 482 g/mol. The van der Waals surface area contributed by atoms with Gasteiger partial charge in [-0.3, -0.25) is 43.9 Å². The molecule has 4 aliphatic rings. The van der Waals surface area contributed by atoms with Gasteiger partial charge in [0.2, 0.25) is 17.7 Å². The van der Waals surface area contributed by atoms with Crippen molar-refractivity contribution in [3.63, 3.8) is 0 Å². The van der Waals surface area contributed by atoms with Crippen LogP contribution in [0.4, 0.5) is 5.69 Å². The third-order valence-electron chi connectivity index (χ3n) is 7.67. The maximum absolute atomic E-state index is 13.4. The first-order valence-corrected chi connectivity index (χ1v) is 12.6. The number of hydrogen-bond acceptors (Lipinski definition) is 8. The predicted octanol–water partition coefficient (Wildman–Crippen LogP) is -0.467. The zero-order valence-electron chi connectivity index (χ0n) is 20.4. The lowest BCUT2D eigenvalue weighted by molar-refractivity contribution is -0.140. The fourth-order valence-electron chi connectivity index (χ4n) is 5.72. The topological polar surface area (TPSA) is 148 Å². The Morgan fingerprint density at radius 2 is 1.62 bits per heavy atom. The number of piperidine rings is 2. The van der Waals surface area contributed by atoms with E-state index in [2.05, 4.69) is 5.32 Å². The third-order valence-corrected chi connectivity index (χ3v) is 7.67. The number of piperazine rings is 1. The summed E-state index contributed by atoms with van der Waals surface area (Å²) in [5.74, 6) is -3.07. The van der Waals surface area contributed by atoms with Crippen LogP contribution in [-0.2, 0) is 19.2 Å². The monoisotopic (exact) mass is 511 g/mol. The van der Waals surface area contributed by atoms with Crippen molar-refractivity contribution in [1.82, 2.24) is 20.0 Å². The van der Waals surface area contributed by atoms with Gasteiger partial charge < -0.3 is 14.9 Å². The molecule has 0 bridgehead atoms. The Hall–Kier alpha value is -3.80. The van der Waals surface area contributed by atoms with Crippen molar-refractivity contribution < 1.29 is 33.9 Å². The number of aliphatic carboxylic acids is 1. The van der Waals surface area contributed by atoms with Crippen LogP contribution in [-0.4, -0.2) is 107 Å². The number of nitrogens with zero attached hydrogens (tertiary/aromatic N) is 4. The average Bonchev–Trinajstić information content (AvgIpc) is 3.14. The van der Waals surface area contributed by atoms with Crippen LogP contribution in [0.1, 0.15) is 46.4 Å². The molecule has 37 heavy (non-hydrogen) atoms. The van der Waals surface area contributed by atoms with Crippen molar-refractivity contribution >= 4 is 41.2 Å². The fraction of sp³-hybridized carbons (Fsp3) is 0.520. The molecule has 196 valence electrons. The average molecular weight is 512 g/mol. The summed E-state index contributed by atoms with van der Waals surface area (Å²) in [7, 11) is 0. The SMILES string of the molecule is O=C(O)CN1CCC(C(=O)N2CCN(c3cccc4c3C(=O)N(C3CCC(=O)NC3=O)C4=O)CC2)CC1. The number of hydrogen-bond donors (Lipinski definition) is 2. The number of anilines is 1. The highest BCUT2D eigenvalue weighted by Gasteiger charge is 2.46. The summed E-state index contributed by atoms with van der Waals surface area (Å²) in [5, 5.41) is 11.2. The van der Waals surface area contributed by atoms with Crippen molar-refractivity contribution in [3.05, 3.63) is 29.3 Å². The van der Waals surface area contributed by atoms with Crippen LogP contribution >= 0.6 is 0 Å². The molecule has 4 aliphatic heterocycles. The van der Waals surface area contributed by atoms with Gasteiger partial charge in [0, 0.05) is 38.5 Å². The molecule has 1 aromatic carbocycles. The highest BCUT2D eigenvalue weighted by atomic mass is 16.4. The van der Waals surface area contributed by atoms with Crippen molar-refractivity contribution in [2.24, 2.45) is 5.92 Å². The third kappa shape index (κ3) is 4.68. The van der Waals surface area contributed by atoms with Gasteiger partial charge in [0.15, 0.2) is 0 Å². The summed E-state index contributed by atoms with van der Waals surface area (Å²) in [6.07, 6.45) is 1.42. The van der Waals surface area contributed by atoms with Gasteiger partial charge in [-0.2, -0.15) is 0 Å². The number of carbonyl (C=O) groups excluding carboxylic acids is 5. The summed E-state index contributed by atoms with van der Waals surface area (Å²) >= 11 is 0. The van der Waals surface area contributed by atoms with E-state index < -0.39 is 35.6 Å². The zero-order valence-corrected chi connectivity index (χ0v) is 20.4. The second-order valence-corrected chi connectivity index (χ2v) is 9.90. The minimum atomic E-state index is -1.02. The van der Waals surface area contributed by atoms with Crippen LogP contribution in [0.5, 0.6) is 0 Å². The van der Waals surface area contributed by atoms with Crippen LogP contribution in [0.3, 0.4) is 0 Å². The number of likely N-dealkylation sites (tertiary alicyclic amines) is 1. The van der Waals surface area contributed by atoms with E-state index in [0.29, 0.717) is 57.8 Å². The Morgan fingerprint density at radius 1 is 0.919 bits per heavy atom. The van der Waals surface area contributed by atoms with Crippen LogP contribution in [0.25, 0.3) is 0 Å². The van der Waals surface area contributed by atoms with E-state index in [1.54, 1.807) is 18.2 Å². The minimum absolute atomic E-state index is 0.0107. The number of amides is 5. The second-order valence-electron chi connectivity index (χ2n) is 9.90. The van der Waals surface area contributed by atoms with Crippen molar-refractivity contribution in [2.45, 2.75) is 31.7 Å². The lowest BCUT2D eigenvalue weighted by Crippen LogP contribution is -2.54. The largest absolute Gasteiger partial charge is 0.480 e. The Balaban J connectivity index is 1.24. The van der Waals surface area contributed by atoms with Crippen LogP contribution < -0.4 is 10.2 Å². The van der Waals surface area contributed by atoms with E-state index in [-0.39, 0.29) is 42.3 Å². The van der Waals surface area contributed by atoms with Gasteiger partial charge in [0.1, 0.15) is 6.04 Å². The van der Waals surface area contributed by atoms with E-state index >= 15 is 0 Å². The van der Waals surface area contributed by atoms with Gasteiger partial charge in [0.25, 0.3) is 11.8 Å². The predicted molar refractivity (Wildman–Crippen MR) is 129 cm³/mol. The van der Waals surface area contributed by atoms with Gasteiger partial charge in [-0.25, -0.2) is 0 Å². The molecule has 0 saturated carbocycles. The van der Waals surface area contributed by atoms with Gasteiger partial charge >= 0.3 is 5.97 Å². The first-order chi connectivity index (χ1) is 17.7. The molecule has 0 radical (unpaired) electrons. The van der Waals surface area contributed by atoms with E-state index in [4.69, 9.17) is 5.11 Å². The van der Waals surface area contributed by atoms with Crippen LogP contribution in [0.15, 0.2) is 18.2 Å². The van der Waals surface area contributed by atoms with Crippen molar-refractivity contribution in [1.29, 1.82) is 0 Å². The maximum Gasteiger partial charge on any atom is 0.317 e. The summed E-state index contributed by atoms with van der Waals surface area (Å²) in [6.45, 7) is 3.06. The van der Waals surface area contributed by atoms with Gasteiger partial charge in [-0.1, -0.05) is 6.07 Å². The number of carbonyl (C=O) groups is 6. The van der Waals surface area contributed by atoms with E-state index in [0.717, 1.165) is 4.90 Å². The van der Waals surface area contributed by atoms with Crippen LogP contribution in [0.2, 0.25) is 0 Å². The standard InChI is InChI=1S/C25H29N5O7/c31-19-5-4-18(22(34)26-19)30-24(36)16-2-1-3-17(21(16)25(30)37)28-10-12-29(13-11-28)23(35)15-6-8-27(9-7-15)14-20(32)33/h1-3,15,18H,4-14H2,(H,32,33)(H,26,31,34). The van der Waals surface area contributed by atoms with E-state index in [9.17, 15) is 28.8 Å². The number of benzene rings is 1. The second kappa shape index (κ2) is 9.92. The summed E-state index contributed by atoms with van der Waals surface area (Å²) in [5.41, 5.74) is 1.08. The first-order valence-electron chi connectivity index (χ1n) is 12.6. The number of fused-ring (bicyclic) bond motifs is 1. The summed E-state index contributed by atoms with van der Waals surface area (Å²) in [6, 6.07) is 4.03. The molecule has 1 aromatic rings. The highest BCUT2D eigenvalue weighted by molar-refractivity contribution is 6.25. The zero-order chi connectivity index (χ0) is 26.3. The number of carboxylic acid groups (broad SMARTS) is 1. The van der Waals surface area contributed by atoms with Crippen LogP contribution in [0, 0.1) is 5.92 Å². The lowest BCUT2D eigenvalue weighted by atomic mass is 9.95. The Labute approximate surface area is 213 Å². The van der Waals surface area contributed by atoms with E-state index in [1.165, 1.54) is 0 Å². The Morgan fingerprint density at radius 3 is 2.27 bits per heavy atom. The molecule has 5 rings (SSSR count). The molecule has 2 N–H and O–H groups in total. The maximum atomic E-state index is 13.4. The lowest BCUT2D eigenvalue weighted by Gasteiger charge is -2.39. The molecule has 0 aliphatic carbocycles. The Kier molecular flexibility index (Phi) is 6.67. The van der Waals surface area contributed by atoms with Crippen molar-refractivity contribution in [2.75, 3.05) is 50.7 Å². The van der Waals surface area contributed by atoms with Crippen molar-refractivity contribution in [3.8, 4) is 0 Å². The molecular formula is C25H29N5O7.